The van der Waals surface area contributed by atoms with Crippen molar-refractivity contribution in [2.75, 3.05) is 6.61 Å². The van der Waals surface area contributed by atoms with Crippen molar-refractivity contribution in [1.82, 2.24) is 0 Å². The van der Waals surface area contributed by atoms with Gasteiger partial charge in [0.05, 0.1) is 22.5 Å². The molecule has 9 heteroatoms. The Morgan fingerprint density at radius 3 is 2.56 bits per heavy atom. The maximum atomic E-state index is 13.4. The van der Waals surface area contributed by atoms with E-state index < -0.39 is 57.2 Å². The minimum Gasteiger partial charge on any atom is -0.465 e. The average Bonchev–Trinajstić information content (AvgIpc) is 3.52. The number of aliphatic hydroxyl groups is 3. The van der Waals surface area contributed by atoms with E-state index in [1.54, 1.807) is 19.9 Å². The molecular formula is C30H40O9. The molecule has 0 aromatic heterocycles. The second-order valence-corrected chi connectivity index (χ2v) is 13.5. The van der Waals surface area contributed by atoms with E-state index in [1.165, 1.54) is 13.8 Å². The molecule has 214 valence electrons. The third-order valence-corrected chi connectivity index (χ3v) is 12.2. The summed E-state index contributed by atoms with van der Waals surface area (Å²) in [6, 6.07) is 0. The number of epoxide rings is 1. The summed E-state index contributed by atoms with van der Waals surface area (Å²) in [6.07, 6.45) is 4.49. The van der Waals surface area contributed by atoms with Gasteiger partial charge in [-0.2, -0.15) is 0 Å². The van der Waals surface area contributed by atoms with Gasteiger partial charge in [0.1, 0.15) is 29.5 Å². The highest BCUT2D eigenvalue weighted by atomic mass is 16.6. The van der Waals surface area contributed by atoms with Gasteiger partial charge < -0.3 is 29.5 Å². The quantitative estimate of drug-likeness (QED) is 0.359. The second kappa shape index (κ2) is 8.02. The molecule has 3 N–H and O–H groups in total. The standard InChI is InChI=1S/C30H40O9/c1-16-13-22(38-24(33)17(16)2)26(5,34)30(36)12-11-28(35)20-14-23-29(39-23)9-6-7-21(32)25(29,4)19(20)8-10-27(28,30)15-37-18(3)31/h6-7,19-20,22-23,34-36H,8-15H2,1-5H3/t19-,20+,22+,23+,25-,26?,27+,28+,29+,30+/m0/s1. The largest absolute Gasteiger partial charge is 0.465 e. The van der Waals surface area contributed by atoms with Gasteiger partial charge in [0, 0.05) is 18.9 Å². The molecule has 3 saturated carbocycles. The Labute approximate surface area is 228 Å². The van der Waals surface area contributed by atoms with Crippen molar-refractivity contribution >= 4 is 17.7 Å². The molecule has 39 heavy (non-hydrogen) atoms. The van der Waals surface area contributed by atoms with E-state index in [9.17, 15) is 29.7 Å². The highest BCUT2D eigenvalue weighted by molar-refractivity contribution is 5.97. The Hall–Kier alpha value is -2.07. The monoisotopic (exact) mass is 544 g/mol. The predicted molar refractivity (Wildman–Crippen MR) is 137 cm³/mol. The minimum atomic E-state index is -1.97. The molecule has 1 unspecified atom stereocenters. The molecule has 6 rings (SSSR count). The Kier molecular flexibility index (Phi) is 5.58. The summed E-state index contributed by atoms with van der Waals surface area (Å²) in [5, 5.41) is 37.6. The number of carbonyl (C=O) groups is 3. The lowest BCUT2D eigenvalue weighted by molar-refractivity contribution is -0.297. The smallest absolute Gasteiger partial charge is 0.334 e. The lowest BCUT2D eigenvalue weighted by Gasteiger charge is -2.64. The molecule has 0 aromatic rings. The Morgan fingerprint density at radius 1 is 1.18 bits per heavy atom. The lowest BCUT2D eigenvalue weighted by Crippen LogP contribution is -2.75. The fraction of sp³-hybridized carbons (Fsp3) is 0.767. The molecule has 9 nitrogen and oxygen atoms in total. The van der Waals surface area contributed by atoms with E-state index in [2.05, 4.69) is 0 Å². The lowest BCUT2D eigenvalue weighted by atomic mass is 9.42. The molecule has 1 spiro atoms. The van der Waals surface area contributed by atoms with Crippen LogP contribution in [-0.4, -0.2) is 74.3 Å². The number of ether oxygens (including phenoxy) is 3. The summed E-state index contributed by atoms with van der Waals surface area (Å²) in [4.78, 5) is 38.1. The Bertz CT molecular complexity index is 1220. The van der Waals surface area contributed by atoms with E-state index >= 15 is 0 Å². The van der Waals surface area contributed by atoms with E-state index in [-0.39, 0.29) is 50.1 Å². The molecule has 1 saturated heterocycles. The topological polar surface area (TPSA) is 143 Å². The van der Waals surface area contributed by atoms with Crippen LogP contribution in [0, 0.1) is 22.7 Å². The molecule has 0 bridgehead atoms. The number of fused-ring (bicyclic) bond motifs is 4. The second-order valence-electron chi connectivity index (χ2n) is 13.5. The zero-order valence-corrected chi connectivity index (χ0v) is 23.4. The van der Waals surface area contributed by atoms with Crippen LogP contribution in [0.25, 0.3) is 0 Å². The van der Waals surface area contributed by atoms with Gasteiger partial charge in [-0.05, 0) is 84.1 Å². The van der Waals surface area contributed by atoms with E-state index in [0.717, 1.165) is 5.57 Å². The van der Waals surface area contributed by atoms with Gasteiger partial charge in [-0.25, -0.2) is 4.79 Å². The molecule has 2 heterocycles. The first kappa shape index (κ1) is 27.1. The van der Waals surface area contributed by atoms with Crippen LogP contribution in [0.4, 0.5) is 0 Å². The van der Waals surface area contributed by atoms with Gasteiger partial charge >= 0.3 is 11.9 Å². The molecule has 4 fully saturated rings. The number of esters is 2. The van der Waals surface area contributed by atoms with E-state index in [0.29, 0.717) is 24.8 Å². The van der Waals surface area contributed by atoms with E-state index in [1.807, 2.05) is 13.0 Å². The normalized spacial score (nSPS) is 49.7. The summed E-state index contributed by atoms with van der Waals surface area (Å²) in [5.41, 5.74) is -7.09. The first-order valence-corrected chi connectivity index (χ1v) is 14.2. The van der Waals surface area contributed by atoms with Crippen molar-refractivity contribution in [2.45, 2.75) is 114 Å². The molecule has 0 radical (unpaired) electrons. The van der Waals surface area contributed by atoms with Crippen molar-refractivity contribution < 1.29 is 43.9 Å². The molecular weight excluding hydrogens is 504 g/mol. The Morgan fingerprint density at radius 2 is 1.90 bits per heavy atom. The SMILES string of the molecule is CC(=O)OC[C@]12CC[C@H]3[C@@H](C[C@H]4O[C@]45CC=CC(=O)[C@]35C)[C@]1(O)CC[C@@]2(O)C(C)(O)[C@H]1CC(C)=C(C)C(=O)O1. The molecule has 0 amide bonds. The molecule has 4 aliphatic carbocycles. The zero-order valence-electron chi connectivity index (χ0n) is 23.4. The number of rotatable bonds is 4. The number of hydrogen-bond donors (Lipinski definition) is 3. The van der Waals surface area contributed by atoms with Crippen LogP contribution in [-0.2, 0) is 28.6 Å². The maximum Gasteiger partial charge on any atom is 0.334 e. The van der Waals surface area contributed by atoms with Crippen LogP contribution in [0.5, 0.6) is 0 Å². The third kappa shape index (κ3) is 3.03. The van der Waals surface area contributed by atoms with Crippen LogP contribution in [0.1, 0.15) is 79.6 Å². The minimum absolute atomic E-state index is 0.00552. The number of carbonyl (C=O) groups excluding carboxylic acids is 3. The fourth-order valence-corrected chi connectivity index (χ4v) is 9.64. The van der Waals surface area contributed by atoms with Gasteiger partial charge in [-0.1, -0.05) is 11.6 Å². The molecule has 2 aliphatic heterocycles. The number of cyclic esters (lactones) is 1. The average molecular weight is 545 g/mol. The van der Waals surface area contributed by atoms with Crippen LogP contribution < -0.4 is 0 Å². The van der Waals surface area contributed by atoms with Crippen molar-refractivity contribution in [1.29, 1.82) is 0 Å². The van der Waals surface area contributed by atoms with Crippen LogP contribution in [0.3, 0.4) is 0 Å². The van der Waals surface area contributed by atoms with E-state index in [4.69, 9.17) is 14.2 Å². The van der Waals surface area contributed by atoms with Crippen molar-refractivity contribution in [3.63, 3.8) is 0 Å². The van der Waals surface area contributed by atoms with Gasteiger partial charge in [0.25, 0.3) is 0 Å². The van der Waals surface area contributed by atoms with Gasteiger partial charge in [0.15, 0.2) is 5.78 Å². The fourth-order valence-electron chi connectivity index (χ4n) is 9.64. The maximum absolute atomic E-state index is 13.4. The van der Waals surface area contributed by atoms with Crippen molar-refractivity contribution in [3.05, 3.63) is 23.3 Å². The van der Waals surface area contributed by atoms with Crippen molar-refractivity contribution in [3.8, 4) is 0 Å². The first-order valence-electron chi connectivity index (χ1n) is 14.2. The highest BCUT2D eigenvalue weighted by Gasteiger charge is 2.83. The number of ketones is 1. The van der Waals surface area contributed by atoms with Crippen LogP contribution >= 0.6 is 0 Å². The van der Waals surface area contributed by atoms with Gasteiger partial charge in [-0.15, -0.1) is 0 Å². The molecule has 0 aromatic carbocycles. The predicted octanol–water partition coefficient (Wildman–Crippen LogP) is 2.30. The summed E-state index contributed by atoms with van der Waals surface area (Å²) < 4.78 is 17.5. The third-order valence-electron chi connectivity index (χ3n) is 12.2. The van der Waals surface area contributed by atoms with Crippen LogP contribution in [0.2, 0.25) is 0 Å². The summed E-state index contributed by atoms with van der Waals surface area (Å²) in [6.45, 7) is 7.85. The molecule has 10 atom stereocenters. The Balaban J connectivity index is 1.44. The summed E-state index contributed by atoms with van der Waals surface area (Å²) in [5.74, 6) is -1.75. The first-order chi connectivity index (χ1) is 18.1. The molecule has 6 aliphatic rings. The summed E-state index contributed by atoms with van der Waals surface area (Å²) in [7, 11) is 0. The van der Waals surface area contributed by atoms with Gasteiger partial charge in [0.2, 0.25) is 0 Å². The number of allylic oxidation sites excluding steroid dienone is 1. The highest BCUT2D eigenvalue weighted by Crippen LogP contribution is 2.75. The summed E-state index contributed by atoms with van der Waals surface area (Å²) >= 11 is 0. The van der Waals surface area contributed by atoms with Crippen molar-refractivity contribution in [2.24, 2.45) is 22.7 Å². The van der Waals surface area contributed by atoms with Crippen LogP contribution in [0.15, 0.2) is 23.3 Å². The van der Waals surface area contributed by atoms with Gasteiger partial charge in [-0.3, -0.25) is 9.59 Å². The zero-order chi connectivity index (χ0) is 28.4. The number of hydrogen-bond acceptors (Lipinski definition) is 9.